The van der Waals surface area contributed by atoms with Crippen LogP contribution in [0.2, 0.25) is 0 Å². The molecule has 3 aromatic rings. The van der Waals surface area contributed by atoms with Gasteiger partial charge in [-0.05, 0) is 67.8 Å². The molecule has 0 spiro atoms. The molecule has 27 heavy (non-hydrogen) atoms. The molecule has 5 nitrogen and oxygen atoms in total. The third-order valence-electron chi connectivity index (χ3n) is 4.02. The average Bonchev–Trinajstić information content (AvgIpc) is 2.61. The lowest BCUT2D eigenvalue weighted by Crippen LogP contribution is -2.16. The fourth-order valence-electron chi connectivity index (χ4n) is 2.86. The van der Waals surface area contributed by atoms with Gasteiger partial charge < -0.3 is 10.6 Å². The van der Waals surface area contributed by atoms with Gasteiger partial charge in [-0.3, -0.25) is 14.6 Å². The summed E-state index contributed by atoms with van der Waals surface area (Å²) in [7, 11) is 0. The number of aryl methyl sites for hydroxylation is 3. The van der Waals surface area contributed by atoms with Crippen LogP contribution in [0.5, 0.6) is 0 Å². The van der Waals surface area contributed by atoms with Crippen molar-refractivity contribution in [2.75, 3.05) is 10.6 Å². The number of pyridine rings is 1. The van der Waals surface area contributed by atoms with E-state index in [1.54, 1.807) is 0 Å². The minimum atomic E-state index is -0.311. The molecule has 2 aromatic carbocycles. The van der Waals surface area contributed by atoms with Gasteiger partial charge in [0.05, 0.1) is 11.1 Å². The number of rotatable bonds is 4. The van der Waals surface area contributed by atoms with Crippen molar-refractivity contribution in [2.24, 2.45) is 0 Å². The fourth-order valence-corrected chi connectivity index (χ4v) is 2.86. The Morgan fingerprint density at radius 3 is 1.85 bits per heavy atom. The maximum Gasteiger partial charge on any atom is 0.257 e. The van der Waals surface area contributed by atoms with E-state index < -0.39 is 0 Å². The standard InChI is InChI=1S/C22H21N3O2/c1-14-5-4-6-19(8-14)24-21(26)17-11-18(13-23-12-17)22(27)25-20-9-15(2)7-16(3)10-20/h4-13H,1-3H3,(H,24,26)(H,25,27). The summed E-state index contributed by atoms with van der Waals surface area (Å²) in [5.41, 5.74) is 5.24. The summed E-state index contributed by atoms with van der Waals surface area (Å²) in [5.74, 6) is -0.619. The molecule has 0 aliphatic carbocycles. The van der Waals surface area contributed by atoms with E-state index in [9.17, 15) is 9.59 Å². The molecule has 0 atom stereocenters. The number of hydrogen-bond donors (Lipinski definition) is 2. The molecule has 0 radical (unpaired) electrons. The van der Waals surface area contributed by atoms with Crippen molar-refractivity contribution in [1.82, 2.24) is 4.98 Å². The van der Waals surface area contributed by atoms with E-state index >= 15 is 0 Å². The van der Waals surface area contributed by atoms with Gasteiger partial charge in [0.15, 0.2) is 0 Å². The summed E-state index contributed by atoms with van der Waals surface area (Å²) in [6.07, 6.45) is 2.89. The van der Waals surface area contributed by atoms with Gasteiger partial charge in [-0.2, -0.15) is 0 Å². The number of carbonyl (C=O) groups excluding carboxylic acids is 2. The number of amides is 2. The quantitative estimate of drug-likeness (QED) is 0.720. The molecule has 2 amide bonds. The van der Waals surface area contributed by atoms with Gasteiger partial charge in [-0.25, -0.2) is 0 Å². The Labute approximate surface area is 158 Å². The topological polar surface area (TPSA) is 71.1 Å². The second-order valence-corrected chi connectivity index (χ2v) is 6.62. The van der Waals surface area contributed by atoms with Gasteiger partial charge in [0, 0.05) is 23.8 Å². The van der Waals surface area contributed by atoms with Crippen molar-refractivity contribution in [3.8, 4) is 0 Å². The molecule has 0 fully saturated rings. The SMILES string of the molecule is Cc1cccc(NC(=O)c2cncc(C(=O)Nc3cc(C)cc(C)c3)c2)c1. The van der Waals surface area contributed by atoms with Gasteiger partial charge in [0.1, 0.15) is 0 Å². The molecule has 0 saturated heterocycles. The van der Waals surface area contributed by atoms with Crippen LogP contribution in [-0.2, 0) is 0 Å². The zero-order chi connectivity index (χ0) is 19.4. The van der Waals surface area contributed by atoms with E-state index in [4.69, 9.17) is 0 Å². The highest BCUT2D eigenvalue weighted by Gasteiger charge is 2.12. The van der Waals surface area contributed by atoms with Crippen molar-refractivity contribution in [3.05, 3.63) is 88.7 Å². The van der Waals surface area contributed by atoms with E-state index in [0.717, 1.165) is 16.7 Å². The Morgan fingerprint density at radius 2 is 1.26 bits per heavy atom. The smallest absolute Gasteiger partial charge is 0.257 e. The number of aromatic nitrogens is 1. The first-order valence-corrected chi connectivity index (χ1v) is 8.63. The Bertz CT molecular complexity index is 992. The number of carbonyl (C=O) groups is 2. The molecule has 3 rings (SSSR count). The number of nitrogens with one attached hydrogen (secondary N) is 2. The third-order valence-corrected chi connectivity index (χ3v) is 4.02. The van der Waals surface area contributed by atoms with Crippen LogP contribution >= 0.6 is 0 Å². The van der Waals surface area contributed by atoms with Gasteiger partial charge in [-0.15, -0.1) is 0 Å². The number of nitrogens with zero attached hydrogens (tertiary/aromatic N) is 1. The summed E-state index contributed by atoms with van der Waals surface area (Å²) in [6, 6.07) is 14.9. The van der Waals surface area contributed by atoms with E-state index in [2.05, 4.69) is 15.6 Å². The van der Waals surface area contributed by atoms with Crippen LogP contribution in [-0.4, -0.2) is 16.8 Å². The second-order valence-electron chi connectivity index (χ2n) is 6.62. The van der Waals surface area contributed by atoms with E-state index in [-0.39, 0.29) is 11.8 Å². The van der Waals surface area contributed by atoms with Crippen molar-refractivity contribution in [1.29, 1.82) is 0 Å². The lowest BCUT2D eigenvalue weighted by Gasteiger charge is -2.09. The number of anilines is 2. The predicted octanol–water partition coefficient (Wildman–Crippen LogP) is 4.51. The molecular weight excluding hydrogens is 338 g/mol. The summed E-state index contributed by atoms with van der Waals surface area (Å²) in [6.45, 7) is 5.90. The van der Waals surface area contributed by atoms with Crippen LogP contribution in [0.25, 0.3) is 0 Å². The first-order valence-electron chi connectivity index (χ1n) is 8.63. The highest BCUT2D eigenvalue weighted by molar-refractivity contribution is 6.08. The molecule has 2 N–H and O–H groups in total. The maximum atomic E-state index is 12.5. The second kappa shape index (κ2) is 7.83. The first kappa shape index (κ1) is 18.3. The Balaban J connectivity index is 1.76. The fraction of sp³-hybridized carbons (Fsp3) is 0.136. The van der Waals surface area contributed by atoms with Crippen molar-refractivity contribution >= 4 is 23.2 Å². The van der Waals surface area contributed by atoms with Crippen molar-refractivity contribution < 1.29 is 9.59 Å². The van der Waals surface area contributed by atoms with Crippen LogP contribution in [0.3, 0.4) is 0 Å². The summed E-state index contributed by atoms with van der Waals surface area (Å²) < 4.78 is 0. The summed E-state index contributed by atoms with van der Waals surface area (Å²) in [5, 5.41) is 5.67. The maximum absolute atomic E-state index is 12.5. The molecule has 0 bridgehead atoms. The molecular formula is C22H21N3O2. The molecule has 1 heterocycles. The Kier molecular flexibility index (Phi) is 5.31. The summed E-state index contributed by atoms with van der Waals surface area (Å²) >= 11 is 0. The molecule has 136 valence electrons. The monoisotopic (exact) mass is 359 g/mol. The highest BCUT2D eigenvalue weighted by atomic mass is 16.2. The zero-order valence-corrected chi connectivity index (χ0v) is 15.5. The van der Waals surface area contributed by atoms with Crippen molar-refractivity contribution in [2.45, 2.75) is 20.8 Å². The van der Waals surface area contributed by atoms with Crippen LogP contribution < -0.4 is 10.6 Å². The highest BCUT2D eigenvalue weighted by Crippen LogP contribution is 2.16. The predicted molar refractivity (Wildman–Crippen MR) is 107 cm³/mol. The van der Waals surface area contributed by atoms with Gasteiger partial charge in [0.25, 0.3) is 11.8 Å². The molecule has 0 saturated carbocycles. The minimum absolute atomic E-state index is 0.308. The summed E-state index contributed by atoms with van der Waals surface area (Å²) in [4.78, 5) is 29.0. The zero-order valence-electron chi connectivity index (χ0n) is 15.5. The lowest BCUT2D eigenvalue weighted by atomic mass is 10.1. The largest absolute Gasteiger partial charge is 0.322 e. The third kappa shape index (κ3) is 4.79. The van der Waals surface area contributed by atoms with E-state index in [0.29, 0.717) is 22.5 Å². The van der Waals surface area contributed by atoms with Gasteiger partial charge in [0.2, 0.25) is 0 Å². The van der Waals surface area contributed by atoms with Crippen LogP contribution in [0.15, 0.2) is 60.9 Å². The van der Waals surface area contributed by atoms with Crippen molar-refractivity contribution in [3.63, 3.8) is 0 Å². The molecule has 0 aliphatic rings. The van der Waals surface area contributed by atoms with Gasteiger partial charge >= 0.3 is 0 Å². The molecule has 0 unspecified atom stereocenters. The number of benzene rings is 2. The lowest BCUT2D eigenvalue weighted by molar-refractivity contribution is 0.102. The molecule has 1 aromatic heterocycles. The first-order chi connectivity index (χ1) is 12.9. The van der Waals surface area contributed by atoms with E-state index in [1.165, 1.54) is 18.5 Å². The minimum Gasteiger partial charge on any atom is -0.322 e. The number of hydrogen-bond acceptors (Lipinski definition) is 3. The van der Waals surface area contributed by atoms with E-state index in [1.807, 2.05) is 63.2 Å². The van der Waals surface area contributed by atoms with Gasteiger partial charge in [-0.1, -0.05) is 18.2 Å². The molecule has 5 heteroatoms. The van der Waals surface area contributed by atoms with Crippen LogP contribution in [0.1, 0.15) is 37.4 Å². The van der Waals surface area contributed by atoms with Crippen LogP contribution in [0.4, 0.5) is 11.4 Å². The Hall–Kier alpha value is -3.47. The Morgan fingerprint density at radius 1 is 0.704 bits per heavy atom. The molecule has 0 aliphatic heterocycles. The normalized spacial score (nSPS) is 10.3. The average molecular weight is 359 g/mol. The van der Waals surface area contributed by atoms with Crippen LogP contribution in [0, 0.1) is 20.8 Å².